The van der Waals surface area contributed by atoms with Gasteiger partial charge in [0, 0.05) is 54.2 Å². The average Bonchev–Trinajstić information content (AvgIpc) is 3.16. The van der Waals surface area contributed by atoms with Gasteiger partial charge < -0.3 is 19.9 Å². The molecule has 2 aromatic rings. The van der Waals surface area contributed by atoms with Gasteiger partial charge in [-0.05, 0) is 44.7 Å². The summed E-state index contributed by atoms with van der Waals surface area (Å²) in [6, 6.07) is 1.84. The highest BCUT2D eigenvalue weighted by molar-refractivity contribution is 5.60. The molecule has 2 aromatic heterocycles. The van der Waals surface area contributed by atoms with E-state index < -0.39 is 29.5 Å². The van der Waals surface area contributed by atoms with Crippen molar-refractivity contribution < 1.29 is 17.9 Å². The summed E-state index contributed by atoms with van der Waals surface area (Å²) in [6.07, 6.45) is 8.44. The molecule has 2 unspecified atom stereocenters. The van der Waals surface area contributed by atoms with Gasteiger partial charge in [-0.2, -0.15) is 9.37 Å². The molecular formula is C25H27F3N6O. The Morgan fingerprint density at radius 3 is 2.69 bits per heavy atom. The topological polar surface area (TPSA) is 69.3 Å². The van der Waals surface area contributed by atoms with E-state index in [9.17, 15) is 4.39 Å². The molecule has 7 nitrogen and oxygen atoms in total. The highest BCUT2D eigenvalue weighted by Crippen LogP contribution is 2.27. The summed E-state index contributed by atoms with van der Waals surface area (Å²) in [4.78, 5) is 15.4. The monoisotopic (exact) mass is 484 g/mol. The molecule has 2 N–H and O–H groups in total. The van der Waals surface area contributed by atoms with Crippen molar-refractivity contribution >= 4 is 17.7 Å². The van der Waals surface area contributed by atoms with Crippen molar-refractivity contribution in [2.24, 2.45) is 0 Å². The minimum atomic E-state index is -1.62. The third kappa shape index (κ3) is 5.03. The molecule has 5 rings (SSSR count). The third-order valence-electron chi connectivity index (χ3n) is 6.38. The molecule has 2 atom stereocenters. The van der Waals surface area contributed by atoms with E-state index in [2.05, 4.69) is 43.2 Å². The number of piperazine rings is 1. The van der Waals surface area contributed by atoms with E-state index in [0.29, 0.717) is 22.8 Å². The molecule has 1 aliphatic heterocycles. The molecule has 35 heavy (non-hydrogen) atoms. The summed E-state index contributed by atoms with van der Waals surface area (Å²) in [7, 11) is 2.12. The first-order valence-corrected chi connectivity index (χ1v) is 11.6. The number of aromatic nitrogens is 3. The Balaban J connectivity index is 1.31. The molecule has 1 fully saturated rings. The van der Waals surface area contributed by atoms with Crippen LogP contribution in [0.3, 0.4) is 0 Å². The summed E-state index contributed by atoms with van der Waals surface area (Å²) >= 11 is 0. The molecule has 0 spiro atoms. The molecule has 0 saturated carbocycles. The largest absolute Gasteiger partial charge is 0.433 e. The van der Waals surface area contributed by atoms with Crippen LogP contribution in [0.2, 0.25) is 0 Å². The molecule has 184 valence electrons. The summed E-state index contributed by atoms with van der Waals surface area (Å²) in [5.41, 5.74) is 1.36. The van der Waals surface area contributed by atoms with Gasteiger partial charge in [-0.1, -0.05) is 12.2 Å². The standard InChI is InChI=1S/C25H27F3N6O/c1-15-11-19-20(31-15)12-16(26)13-21(22(19)27)35-25-23(28)24(29-14-30-25)32-17-3-5-18(6-4-17)34-9-7-33(2)8-10-34/h3-5,11-14,16,18,31H,6-10H2,1-2H3,(H,29,30,32). The lowest BCUT2D eigenvalue weighted by Gasteiger charge is -2.37. The van der Waals surface area contributed by atoms with Crippen LogP contribution in [0.15, 0.2) is 48.2 Å². The van der Waals surface area contributed by atoms with Gasteiger partial charge in [0.05, 0.1) is 0 Å². The number of alkyl halides is 1. The number of likely N-dealkylation sites (N-methyl/N-ethyl adjacent to an activating group) is 1. The van der Waals surface area contributed by atoms with E-state index in [4.69, 9.17) is 4.74 Å². The molecule has 0 bridgehead atoms. The Labute approximate surface area is 201 Å². The number of aryl methyl sites for hydroxylation is 1. The van der Waals surface area contributed by atoms with Crippen LogP contribution in [0, 0.1) is 12.7 Å². The number of halogens is 3. The minimum absolute atomic E-state index is 0.111. The number of ether oxygens (including phenoxy) is 1. The summed E-state index contributed by atoms with van der Waals surface area (Å²) in [6.45, 7) is 5.82. The van der Waals surface area contributed by atoms with Crippen LogP contribution < -0.4 is 20.6 Å². The summed E-state index contributed by atoms with van der Waals surface area (Å²) < 4.78 is 50.0. The fraction of sp³-hybridized carbons (Fsp3) is 0.360. The van der Waals surface area contributed by atoms with Crippen LogP contribution >= 0.6 is 0 Å². The van der Waals surface area contributed by atoms with Gasteiger partial charge in [0.2, 0.25) is 5.82 Å². The maximum Gasteiger partial charge on any atom is 0.261 e. The van der Waals surface area contributed by atoms with Crippen LogP contribution in [0.1, 0.15) is 12.1 Å². The van der Waals surface area contributed by atoms with Crippen molar-refractivity contribution in [3.8, 4) is 5.88 Å². The number of rotatable bonds is 5. The Hall–Kier alpha value is -3.37. The Morgan fingerprint density at radius 1 is 1.14 bits per heavy atom. The normalized spacial score (nSPS) is 23.2. The highest BCUT2D eigenvalue weighted by atomic mass is 19.1. The van der Waals surface area contributed by atoms with Gasteiger partial charge in [-0.25, -0.2) is 13.8 Å². The van der Waals surface area contributed by atoms with Crippen LogP contribution in [0.5, 0.6) is 5.88 Å². The lowest BCUT2D eigenvalue weighted by atomic mass is 10.0. The fourth-order valence-corrected chi connectivity index (χ4v) is 4.44. The smallest absolute Gasteiger partial charge is 0.261 e. The van der Waals surface area contributed by atoms with Crippen molar-refractivity contribution in [1.29, 1.82) is 0 Å². The number of nitrogens with one attached hydrogen (secondary N) is 2. The summed E-state index contributed by atoms with van der Waals surface area (Å²) in [5, 5.41) is 3.40. The Bertz CT molecular complexity index is 1320. The number of H-pyrrole nitrogens is 1. The van der Waals surface area contributed by atoms with Gasteiger partial charge in [-0.15, -0.1) is 0 Å². The number of hydrogen-bond acceptors (Lipinski definition) is 6. The number of hydrogen-bond donors (Lipinski definition) is 2. The lowest BCUT2D eigenvalue weighted by molar-refractivity contribution is 0.130. The second-order valence-electron chi connectivity index (χ2n) is 8.97. The zero-order valence-electron chi connectivity index (χ0n) is 19.6. The van der Waals surface area contributed by atoms with Crippen LogP contribution in [-0.2, 0) is 0 Å². The molecular weight excluding hydrogens is 457 g/mol. The van der Waals surface area contributed by atoms with Gasteiger partial charge in [-0.3, -0.25) is 4.90 Å². The fourth-order valence-electron chi connectivity index (χ4n) is 4.44. The quantitative estimate of drug-likeness (QED) is 0.679. The number of allylic oxidation sites excluding steroid dienone is 3. The van der Waals surface area contributed by atoms with Crippen molar-refractivity contribution in [3.63, 3.8) is 0 Å². The van der Waals surface area contributed by atoms with E-state index in [-0.39, 0.29) is 11.0 Å². The minimum Gasteiger partial charge on any atom is -0.433 e. The van der Waals surface area contributed by atoms with E-state index in [1.807, 2.05) is 12.2 Å². The first-order chi connectivity index (χ1) is 16.9. The van der Waals surface area contributed by atoms with Crippen LogP contribution in [0.25, 0.3) is 11.9 Å². The van der Waals surface area contributed by atoms with Gasteiger partial charge >= 0.3 is 0 Å². The van der Waals surface area contributed by atoms with Crippen molar-refractivity contribution in [1.82, 2.24) is 24.8 Å². The second kappa shape index (κ2) is 9.71. The molecule has 3 heterocycles. The molecule has 1 saturated heterocycles. The van der Waals surface area contributed by atoms with E-state index in [0.717, 1.165) is 45.0 Å². The Morgan fingerprint density at radius 2 is 1.94 bits per heavy atom. The number of fused-ring (bicyclic) bond motifs is 1. The highest BCUT2D eigenvalue weighted by Gasteiger charge is 2.23. The third-order valence-corrected chi connectivity index (χ3v) is 6.38. The molecule has 3 aliphatic rings. The maximum absolute atomic E-state index is 15.2. The zero-order chi connectivity index (χ0) is 24.5. The molecule has 10 heteroatoms. The molecule has 0 aromatic carbocycles. The number of anilines is 1. The molecule has 0 amide bonds. The van der Waals surface area contributed by atoms with Crippen LogP contribution in [-0.4, -0.2) is 70.2 Å². The number of nitrogens with zero attached hydrogens (tertiary/aromatic N) is 4. The van der Waals surface area contributed by atoms with E-state index in [1.165, 1.54) is 12.1 Å². The SMILES string of the molecule is Cc1cc2c([nH]1)=CC(F)C=C(Oc1ncnc(NC3=CCC(N4CCN(C)CC4)C=C3)c1F)C=2F. The van der Waals surface area contributed by atoms with Crippen molar-refractivity contribution in [3.05, 3.63) is 70.2 Å². The molecule has 2 aliphatic carbocycles. The maximum atomic E-state index is 15.2. The van der Waals surface area contributed by atoms with Gasteiger partial charge in [0.1, 0.15) is 12.5 Å². The Kier molecular flexibility index (Phi) is 6.48. The number of aromatic amines is 1. The predicted octanol–water partition coefficient (Wildman–Crippen LogP) is 2.30. The molecule has 0 radical (unpaired) electrons. The van der Waals surface area contributed by atoms with Crippen molar-refractivity contribution in [2.75, 3.05) is 38.5 Å². The van der Waals surface area contributed by atoms with Crippen molar-refractivity contribution in [2.45, 2.75) is 25.6 Å². The zero-order valence-corrected chi connectivity index (χ0v) is 19.6. The second-order valence-corrected chi connectivity index (χ2v) is 8.97. The van der Waals surface area contributed by atoms with Crippen LogP contribution in [0.4, 0.5) is 19.0 Å². The first-order valence-electron chi connectivity index (χ1n) is 11.6. The van der Waals surface area contributed by atoms with E-state index in [1.54, 1.807) is 6.92 Å². The predicted molar refractivity (Wildman–Crippen MR) is 128 cm³/mol. The lowest BCUT2D eigenvalue weighted by Crippen LogP contribution is -2.48. The summed E-state index contributed by atoms with van der Waals surface area (Å²) in [5.74, 6) is -2.75. The first kappa shape index (κ1) is 23.4. The van der Waals surface area contributed by atoms with Gasteiger partial charge in [0.25, 0.3) is 5.88 Å². The average molecular weight is 485 g/mol. The van der Waals surface area contributed by atoms with Gasteiger partial charge in [0.15, 0.2) is 17.4 Å². The van der Waals surface area contributed by atoms with E-state index >= 15 is 8.78 Å².